The lowest BCUT2D eigenvalue weighted by Crippen LogP contribution is -2.44. The van der Waals surface area contributed by atoms with E-state index in [-0.39, 0.29) is 36.0 Å². The predicted molar refractivity (Wildman–Crippen MR) is 119 cm³/mol. The fourth-order valence-electron chi connectivity index (χ4n) is 3.67. The fraction of sp³-hybridized carbons (Fsp3) is 0.545. The number of thiazole rings is 1. The Labute approximate surface area is 194 Å². The zero-order valence-corrected chi connectivity index (χ0v) is 19.6. The normalized spacial score (nSPS) is 19.3. The topological polar surface area (TPSA) is 72.9 Å². The van der Waals surface area contributed by atoms with E-state index in [0.29, 0.717) is 18.1 Å². The summed E-state index contributed by atoms with van der Waals surface area (Å²) in [7, 11) is 1.35. The Balaban J connectivity index is 1.48. The van der Waals surface area contributed by atoms with Crippen LogP contribution in [-0.4, -0.2) is 61.0 Å². The van der Waals surface area contributed by atoms with Gasteiger partial charge in [-0.05, 0) is 38.0 Å². The molecule has 11 heteroatoms. The first kappa shape index (κ1) is 25.3. The summed E-state index contributed by atoms with van der Waals surface area (Å²) in [6, 6.07) is 4.61. The maximum absolute atomic E-state index is 12.4. The van der Waals surface area contributed by atoms with E-state index >= 15 is 0 Å². The number of hydrogen-bond donors (Lipinski definition) is 1. The third-order valence-corrected chi connectivity index (χ3v) is 5.75. The van der Waals surface area contributed by atoms with Crippen LogP contribution in [0.4, 0.5) is 18.3 Å². The Kier molecular flexibility index (Phi) is 8.55. The van der Waals surface area contributed by atoms with Crippen molar-refractivity contribution in [2.75, 3.05) is 32.1 Å². The minimum atomic E-state index is -4.43. The minimum Gasteiger partial charge on any atom is -0.493 e. The van der Waals surface area contributed by atoms with Crippen molar-refractivity contribution in [2.45, 2.75) is 51.6 Å². The number of carbonyl (C=O) groups excluding carboxylic acids is 1. The predicted octanol–water partition coefficient (Wildman–Crippen LogP) is 4.27. The number of aromatic nitrogens is 1. The van der Waals surface area contributed by atoms with Crippen LogP contribution in [0, 0.1) is 0 Å². The summed E-state index contributed by atoms with van der Waals surface area (Å²) >= 11 is 1.38. The summed E-state index contributed by atoms with van der Waals surface area (Å²) in [6.07, 6.45) is -3.50. The Morgan fingerprint density at radius 3 is 2.67 bits per heavy atom. The van der Waals surface area contributed by atoms with Crippen LogP contribution < -0.4 is 14.8 Å². The number of amides is 1. The van der Waals surface area contributed by atoms with Crippen LogP contribution in [0.2, 0.25) is 0 Å². The van der Waals surface area contributed by atoms with Crippen molar-refractivity contribution in [3.63, 3.8) is 0 Å². The Hall–Kier alpha value is -2.37. The molecule has 0 bridgehead atoms. The second-order valence-corrected chi connectivity index (χ2v) is 8.89. The molecule has 1 N–H and O–H groups in total. The molecule has 1 aromatic heterocycles. The molecule has 0 spiro atoms. The van der Waals surface area contributed by atoms with E-state index in [1.165, 1.54) is 24.5 Å². The maximum atomic E-state index is 12.4. The highest BCUT2D eigenvalue weighted by Crippen LogP contribution is 2.30. The molecule has 1 saturated heterocycles. The molecule has 33 heavy (non-hydrogen) atoms. The van der Waals surface area contributed by atoms with Crippen LogP contribution in [0.15, 0.2) is 23.6 Å². The highest BCUT2D eigenvalue weighted by molar-refractivity contribution is 7.13. The lowest BCUT2D eigenvalue weighted by Gasteiger charge is -2.34. The highest BCUT2D eigenvalue weighted by atomic mass is 32.1. The van der Waals surface area contributed by atoms with Crippen molar-refractivity contribution in [1.82, 2.24) is 9.88 Å². The largest absolute Gasteiger partial charge is 0.493 e. The van der Waals surface area contributed by atoms with E-state index in [0.717, 1.165) is 24.3 Å². The van der Waals surface area contributed by atoms with Gasteiger partial charge in [0, 0.05) is 31.4 Å². The molecular weight excluding hydrogens is 459 g/mol. The third kappa shape index (κ3) is 8.17. The molecule has 1 aliphatic rings. The van der Waals surface area contributed by atoms with Gasteiger partial charge in [-0.25, -0.2) is 4.98 Å². The summed E-state index contributed by atoms with van der Waals surface area (Å²) in [5.41, 5.74) is 1.65. The number of nitrogens with zero attached hydrogens (tertiary/aromatic N) is 2. The molecule has 1 aromatic carbocycles. The molecule has 2 aromatic rings. The fourth-order valence-corrected chi connectivity index (χ4v) is 4.38. The highest BCUT2D eigenvalue weighted by Gasteiger charge is 2.29. The summed E-state index contributed by atoms with van der Waals surface area (Å²) in [5.74, 6) is -0.00301. The number of carbonyl (C=O) groups is 1. The monoisotopic (exact) mass is 487 g/mol. The molecule has 0 saturated carbocycles. The zero-order chi connectivity index (χ0) is 24.0. The molecule has 2 atom stereocenters. The van der Waals surface area contributed by atoms with E-state index in [1.807, 2.05) is 19.2 Å². The molecule has 0 aliphatic carbocycles. The van der Waals surface area contributed by atoms with E-state index in [1.54, 1.807) is 12.1 Å². The van der Waals surface area contributed by atoms with Crippen molar-refractivity contribution >= 4 is 22.4 Å². The number of halogens is 3. The van der Waals surface area contributed by atoms with Gasteiger partial charge >= 0.3 is 6.18 Å². The summed E-state index contributed by atoms with van der Waals surface area (Å²) in [4.78, 5) is 19.1. The molecule has 1 aliphatic heterocycles. The number of alkyl halides is 3. The first-order chi connectivity index (χ1) is 15.6. The van der Waals surface area contributed by atoms with Crippen molar-refractivity contribution in [3.05, 3.63) is 34.8 Å². The van der Waals surface area contributed by atoms with Crippen LogP contribution >= 0.6 is 11.3 Å². The van der Waals surface area contributed by atoms with Crippen LogP contribution in [0.3, 0.4) is 0 Å². The van der Waals surface area contributed by atoms with Crippen molar-refractivity contribution in [2.24, 2.45) is 0 Å². The summed E-state index contributed by atoms with van der Waals surface area (Å²) in [5, 5.41) is 5.28. The number of hydrogen-bond acceptors (Lipinski definition) is 7. The molecular formula is C22H28F3N3O4S. The smallest absolute Gasteiger partial charge is 0.422 e. The number of ether oxygens (including phenoxy) is 3. The minimum absolute atomic E-state index is 0.00222. The molecule has 3 rings (SSSR count). The third-order valence-electron chi connectivity index (χ3n) is 4.94. The Morgan fingerprint density at radius 1 is 1.27 bits per heavy atom. The number of methoxy groups -OCH3 is 1. The van der Waals surface area contributed by atoms with Crippen LogP contribution in [0.1, 0.15) is 31.5 Å². The molecule has 0 radical (unpaired) electrons. The Bertz CT molecular complexity index is 928. The van der Waals surface area contributed by atoms with Crippen LogP contribution in [0.25, 0.3) is 0 Å². The SMILES string of the molecule is COc1cc(CCC(=O)Nc2nc(CN3CC(C)OC(C)C3)cs2)ccc1OCC(F)(F)F. The van der Waals surface area contributed by atoms with Crippen LogP contribution in [0.5, 0.6) is 11.5 Å². The van der Waals surface area contributed by atoms with E-state index < -0.39 is 12.8 Å². The summed E-state index contributed by atoms with van der Waals surface area (Å²) < 4.78 is 52.8. The standard InChI is InChI=1S/C22H28F3N3O4S/c1-14-9-28(10-15(2)32-14)11-17-12-33-21(26-17)27-20(29)7-5-16-4-6-18(19(8-16)30-3)31-13-22(23,24)25/h4,6,8,12,14-15H,5,7,9-11,13H2,1-3H3,(H,26,27,29). The lowest BCUT2D eigenvalue weighted by atomic mass is 10.1. The zero-order valence-electron chi connectivity index (χ0n) is 18.8. The van der Waals surface area contributed by atoms with E-state index in [4.69, 9.17) is 14.2 Å². The first-order valence-electron chi connectivity index (χ1n) is 10.6. The van der Waals surface area contributed by atoms with Gasteiger partial charge in [0.25, 0.3) is 0 Å². The van der Waals surface area contributed by atoms with Crippen molar-refractivity contribution < 1.29 is 32.2 Å². The second-order valence-electron chi connectivity index (χ2n) is 8.03. The summed E-state index contributed by atoms with van der Waals surface area (Å²) in [6.45, 7) is 5.08. The first-order valence-corrected chi connectivity index (χ1v) is 11.5. The molecule has 2 unspecified atom stereocenters. The Morgan fingerprint density at radius 2 is 2.00 bits per heavy atom. The van der Waals surface area contributed by atoms with Gasteiger partial charge < -0.3 is 19.5 Å². The van der Waals surface area contributed by atoms with Gasteiger partial charge in [-0.15, -0.1) is 11.3 Å². The van der Waals surface area contributed by atoms with Gasteiger partial charge in [-0.2, -0.15) is 13.2 Å². The molecule has 1 amide bonds. The van der Waals surface area contributed by atoms with Gasteiger partial charge in [-0.3, -0.25) is 9.69 Å². The number of aryl methyl sites for hydroxylation is 1. The number of anilines is 1. The molecule has 182 valence electrons. The van der Waals surface area contributed by atoms with Gasteiger partial charge in [0.1, 0.15) is 0 Å². The van der Waals surface area contributed by atoms with Gasteiger partial charge in [0.2, 0.25) is 5.91 Å². The molecule has 2 heterocycles. The average molecular weight is 488 g/mol. The van der Waals surface area contributed by atoms with Gasteiger partial charge in [0.15, 0.2) is 23.2 Å². The average Bonchev–Trinajstić information content (AvgIpc) is 3.16. The lowest BCUT2D eigenvalue weighted by molar-refractivity contribution is -0.153. The van der Waals surface area contributed by atoms with E-state index in [2.05, 4.69) is 15.2 Å². The van der Waals surface area contributed by atoms with E-state index in [9.17, 15) is 18.0 Å². The molecule has 7 nitrogen and oxygen atoms in total. The number of rotatable bonds is 9. The van der Waals surface area contributed by atoms with Gasteiger partial charge in [-0.1, -0.05) is 6.07 Å². The number of morpholine rings is 1. The quantitative estimate of drug-likeness (QED) is 0.570. The van der Waals surface area contributed by atoms with Crippen molar-refractivity contribution in [1.29, 1.82) is 0 Å². The number of benzene rings is 1. The van der Waals surface area contributed by atoms with Gasteiger partial charge in [0.05, 0.1) is 25.0 Å². The van der Waals surface area contributed by atoms with Crippen molar-refractivity contribution in [3.8, 4) is 11.5 Å². The van der Waals surface area contributed by atoms with Crippen LogP contribution in [-0.2, 0) is 22.5 Å². The number of nitrogens with one attached hydrogen (secondary N) is 1. The molecule has 1 fully saturated rings. The maximum Gasteiger partial charge on any atom is 0.422 e. The second kappa shape index (κ2) is 11.2.